The van der Waals surface area contributed by atoms with E-state index in [1.54, 1.807) is 18.9 Å². The molecule has 2 saturated heterocycles. The molecule has 0 saturated carbocycles. The van der Waals surface area contributed by atoms with E-state index >= 15 is 0 Å². The topological polar surface area (TPSA) is 94.8 Å². The zero-order valence-corrected chi connectivity index (χ0v) is 20.3. The smallest absolute Gasteiger partial charge is 0.233 e. The van der Waals surface area contributed by atoms with Crippen molar-refractivity contribution in [3.05, 3.63) is 23.3 Å². The number of nitrogens with zero attached hydrogens (tertiary/aromatic N) is 6. The number of amides is 1. The number of rotatable bonds is 9. The number of aromatic nitrogens is 4. The van der Waals surface area contributed by atoms with E-state index in [1.807, 2.05) is 17.0 Å². The molecule has 0 aliphatic carbocycles. The molecule has 0 bridgehead atoms. The van der Waals surface area contributed by atoms with Gasteiger partial charge in [-0.2, -0.15) is 0 Å². The molecule has 4 rings (SSSR count). The van der Waals surface area contributed by atoms with E-state index in [2.05, 4.69) is 27.3 Å². The summed E-state index contributed by atoms with van der Waals surface area (Å²) in [6.07, 6.45) is 2.26. The fourth-order valence-electron chi connectivity index (χ4n) is 4.20. The summed E-state index contributed by atoms with van der Waals surface area (Å²) in [5.41, 5.74) is 2.38. The number of carbonyl (C=O) groups is 1. The summed E-state index contributed by atoms with van der Waals surface area (Å²) in [6.45, 7) is 7.44. The largest absolute Gasteiger partial charge is 0.493 e. The number of tetrazole rings is 1. The molecule has 180 valence electrons. The number of aryl methyl sites for hydroxylation is 1. The van der Waals surface area contributed by atoms with E-state index in [9.17, 15) is 4.79 Å². The summed E-state index contributed by atoms with van der Waals surface area (Å²) < 4.78 is 18.3. The van der Waals surface area contributed by atoms with Crippen LogP contribution in [0.3, 0.4) is 0 Å². The first-order valence-corrected chi connectivity index (χ1v) is 12.3. The summed E-state index contributed by atoms with van der Waals surface area (Å²) in [4.78, 5) is 17.1. The standard InChI is InChI=1S/C22H32N6O4S/c1-16-11-19(30-2)20(31-3)12-17(16)13-26-6-8-27(9-7-26)21(29)15-33-22-23-24-25-28(22)14-18-5-4-10-32-18/h11-12,18H,4-10,13-15H2,1-3H3/t18-/m1/s1. The van der Waals surface area contributed by atoms with Gasteiger partial charge in [0.2, 0.25) is 11.1 Å². The number of ether oxygens (including phenoxy) is 3. The Labute approximate surface area is 198 Å². The normalized spacial score (nSPS) is 19.1. The van der Waals surface area contributed by atoms with Crippen LogP contribution < -0.4 is 9.47 Å². The Morgan fingerprint density at radius 1 is 1.18 bits per heavy atom. The molecule has 0 unspecified atom stereocenters. The summed E-state index contributed by atoms with van der Waals surface area (Å²) in [5, 5.41) is 12.6. The molecule has 0 N–H and O–H groups in total. The summed E-state index contributed by atoms with van der Waals surface area (Å²) in [6, 6.07) is 4.06. The van der Waals surface area contributed by atoms with Crippen LogP contribution in [0.2, 0.25) is 0 Å². The molecule has 2 fully saturated rings. The molecule has 1 aromatic carbocycles. The predicted octanol–water partition coefficient (Wildman–Crippen LogP) is 1.61. The maximum Gasteiger partial charge on any atom is 0.233 e. The number of benzene rings is 1. The number of hydrogen-bond acceptors (Lipinski definition) is 9. The molecule has 1 aromatic heterocycles. The van der Waals surface area contributed by atoms with E-state index in [0.29, 0.717) is 30.5 Å². The highest BCUT2D eigenvalue weighted by Crippen LogP contribution is 2.31. The lowest BCUT2D eigenvalue weighted by molar-refractivity contribution is -0.130. The van der Waals surface area contributed by atoms with Gasteiger partial charge in [0, 0.05) is 39.3 Å². The van der Waals surface area contributed by atoms with E-state index < -0.39 is 0 Å². The fourth-order valence-corrected chi connectivity index (χ4v) is 4.99. The van der Waals surface area contributed by atoms with E-state index in [-0.39, 0.29) is 12.0 Å². The van der Waals surface area contributed by atoms with Gasteiger partial charge in [0.15, 0.2) is 11.5 Å². The van der Waals surface area contributed by atoms with E-state index in [0.717, 1.165) is 50.6 Å². The third-order valence-corrected chi connectivity index (χ3v) is 7.13. The minimum atomic E-state index is 0.119. The number of hydrogen-bond donors (Lipinski definition) is 0. The van der Waals surface area contributed by atoms with Crippen molar-refractivity contribution < 1.29 is 19.0 Å². The molecule has 3 heterocycles. The Kier molecular flexibility index (Phi) is 8.05. The van der Waals surface area contributed by atoms with Crippen molar-refractivity contribution in [3.8, 4) is 11.5 Å². The molecule has 33 heavy (non-hydrogen) atoms. The van der Waals surface area contributed by atoms with Gasteiger partial charge in [-0.25, -0.2) is 4.68 Å². The molecule has 2 aliphatic heterocycles. The molecular formula is C22H32N6O4S. The average molecular weight is 477 g/mol. The van der Waals surface area contributed by atoms with E-state index in [4.69, 9.17) is 14.2 Å². The van der Waals surface area contributed by atoms with Gasteiger partial charge >= 0.3 is 0 Å². The Hall–Kier alpha value is -2.37. The predicted molar refractivity (Wildman–Crippen MR) is 124 cm³/mol. The van der Waals surface area contributed by atoms with Crippen LogP contribution in [0.5, 0.6) is 11.5 Å². The number of carbonyl (C=O) groups excluding carboxylic acids is 1. The second-order valence-corrected chi connectivity index (χ2v) is 9.30. The van der Waals surface area contributed by atoms with Crippen molar-refractivity contribution in [2.75, 3.05) is 52.8 Å². The highest BCUT2D eigenvalue weighted by atomic mass is 32.2. The Bertz CT molecular complexity index is 941. The summed E-state index contributed by atoms with van der Waals surface area (Å²) in [5.74, 6) is 1.94. The highest BCUT2D eigenvalue weighted by molar-refractivity contribution is 7.99. The van der Waals surface area contributed by atoms with Gasteiger partial charge < -0.3 is 19.1 Å². The van der Waals surface area contributed by atoms with Gasteiger partial charge in [-0.15, -0.1) is 5.10 Å². The number of piperazine rings is 1. The molecule has 11 heteroatoms. The number of thioether (sulfide) groups is 1. The maximum absolute atomic E-state index is 12.8. The molecule has 1 amide bonds. The molecular weight excluding hydrogens is 444 g/mol. The van der Waals surface area contributed by atoms with Gasteiger partial charge in [0.25, 0.3) is 0 Å². The fraction of sp³-hybridized carbons (Fsp3) is 0.636. The Morgan fingerprint density at radius 2 is 1.94 bits per heavy atom. The molecule has 2 aromatic rings. The lowest BCUT2D eigenvalue weighted by Gasteiger charge is -2.35. The van der Waals surface area contributed by atoms with Gasteiger partial charge in [0.1, 0.15) is 0 Å². The van der Waals surface area contributed by atoms with E-state index in [1.165, 1.54) is 22.9 Å². The summed E-state index contributed by atoms with van der Waals surface area (Å²) in [7, 11) is 3.30. The third-order valence-electron chi connectivity index (χ3n) is 6.19. The molecule has 10 nitrogen and oxygen atoms in total. The van der Waals surface area contributed by atoms with Crippen LogP contribution in [0.25, 0.3) is 0 Å². The van der Waals surface area contributed by atoms with Crippen molar-refractivity contribution in [2.45, 2.75) is 44.1 Å². The second kappa shape index (κ2) is 11.2. The van der Waals surface area contributed by atoms with Gasteiger partial charge in [-0.3, -0.25) is 9.69 Å². The maximum atomic E-state index is 12.8. The van der Waals surface area contributed by atoms with Gasteiger partial charge in [-0.1, -0.05) is 11.8 Å². The van der Waals surface area contributed by atoms with Crippen molar-refractivity contribution in [1.82, 2.24) is 30.0 Å². The second-order valence-electron chi connectivity index (χ2n) is 8.36. The van der Waals surface area contributed by atoms with Crippen LogP contribution in [-0.4, -0.2) is 94.8 Å². The lowest BCUT2D eigenvalue weighted by atomic mass is 10.1. The first kappa shape index (κ1) is 23.8. The van der Waals surface area contributed by atoms with Crippen LogP contribution in [0.4, 0.5) is 0 Å². The SMILES string of the molecule is COc1cc(C)c(CN2CCN(C(=O)CSc3nnnn3C[C@H]3CCCO3)CC2)cc1OC. The quantitative estimate of drug-likeness (QED) is 0.500. The van der Waals surface area contributed by atoms with Crippen LogP contribution in [-0.2, 0) is 22.6 Å². The van der Waals surface area contributed by atoms with Crippen molar-refractivity contribution in [3.63, 3.8) is 0 Å². The van der Waals surface area contributed by atoms with Crippen molar-refractivity contribution in [2.24, 2.45) is 0 Å². The van der Waals surface area contributed by atoms with Gasteiger partial charge in [-0.05, 0) is 53.5 Å². The Balaban J connectivity index is 1.25. The Morgan fingerprint density at radius 3 is 2.64 bits per heavy atom. The molecule has 0 radical (unpaired) electrons. The highest BCUT2D eigenvalue weighted by Gasteiger charge is 2.24. The van der Waals surface area contributed by atoms with Crippen molar-refractivity contribution in [1.29, 1.82) is 0 Å². The summed E-state index contributed by atoms with van der Waals surface area (Å²) >= 11 is 1.39. The molecule has 0 spiro atoms. The zero-order chi connectivity index (χ0) is 23.2. The average Bonchev–Trinajstić information content (AvgIpc) is 3.51. The lowest BCUT2D eigenvalue weighted by Crippen LogP contribution is -2.48. The third kappa shape index (κ3) is 5.96. The number of methoxy groups -OCH3 is 2. The minimum Gasteiger partial charge on any atom is -0.493 e. The van der Waals surface area contributed by atoms with Crippen LogP contribution in [0.1, 0.15) is 24.0 Å². The first-order valence-electron chi connectivity index (χ1n) is 11.3. The monoisotopic (exact) mass is 476 g/mol. The first-order chi connectivity index (χ1) is 16.1. The zero-order valence-electron chi connectivity index (χ0n) is 19.5. The van der Waals surface area contributed by atoms with Crippen LogP contribution >= 0.6 is 11.8 Å². The molecule has 2 aliphatic rings. The van der Waals surface area contributed by atoms with Gasteiger partial charge in [0.05, 0.1) is 32.6 Å². The molecule has 1 atom stereocenters. The van der Waals surface area contributed by atoms with Crippen LogP contribution in [0, 0.1) is 6.92 Å². The van der Waals surface area contributed by atoms with Crippen LogP contribution in [0.15, 0.2) is 17.3 Å². The minimum absolute atomic E-state index is 0.119. The van der Waals surface area contributed by atoms with Crippen molar-refractivity contribution >= 4 is 17.7 Å².